The lowest BCUT2D eigenvalue weighted by Crippen LogP contribution is -2.00. The predicted molar refractivity (Wildman–Crippen MR) is 198 cm³/mol. The minimum Gasteiger partial charge on any atom is -0.208 e. The summed E-state index contributed by atoms with van der Waals surface area (Å²) in [6.07, 6.45) is 0. The van der Waals surface area contributed by atoms with Crippen LogP contribution in [0, 0.1) is 0 Å². The molecule has 9 rings (SSSR count). The Morgan fingerprint density at radius 2 is 0.787 bits per heavy atom. The third kappa shape index (κ3) is 5.08. The van der Waals surface area contributed by atoms with Gasteiger partial charge >= 0.3 is 0 Å². The van der Waals surface area contributed by atoms with Gasteiger partial charge in [-0.25, -0.2) is 15.0 Å². The van der Waals surface area contributed by atoms with Crippen molar-refractivity contribution in [1.82, 2.24) is 15.0 Å². The summed E-state index contributed by atoms with van der Waals surface area (Å²) in [5, 5.41) is 9.65. The zero-order valence-electron chi connectivity index (χ0n) is 24.9. The van der Waals surface area contributed by atoms with E-state index in [4.69, 9.17) is 15.0 Å². The number of hydrogen-bond acceptors (Lipinski definition) is 3. The van der Waals surface area contributed by atoms with Gasteiger partial charge in [-0.1, -0.05) is 153 Å². The molecule has 0 saturated heterocycles. The molecule has 1 aromatic heterocycles. The third-order valence-electron chi connectivity index (χ3n) is 8.87. The first-order valence-electron chi connectivity index (χ1n) is 15.5. The summed E-state index contributed by atoms with van der Waals surface area (Å²) in [4.78, 5) is 15.1. The van der Waals surface area contributed by atoms with Gasteiger partial charge in [-0.05, 0) is 72.4 Å². The van der Waals surface area contributed by atoms with Crippen molar-refractivity contribution in [3.05, 3.63) is 164 Å². The van der Waals surface area contributed by atoms with Crippen LogP contribution in [0.4, 0.5) is 0 Å². The van der Waals surface area contributed by atoms with E-state index in [1.54, 1.807) is 0 Å². The standard InChI is InChI=1S/C43H27N3.CH4/c1-2-11-30(12-3-1)41-44-42(36-20-17-28-9-4-5-13-31(28)27-36)46-43(45-41)40-16-8-14-34-25-32(22-24-39(34)40)33-21-23-38-35(26-33)19-18-29-10-6-7-15-37(29)38;/h1-27H;1H4. The van der Waals surface area contributed by atoms with Gasteiger partial charge in [0.05, 0.1) is 0 Å². The average molecular weight is 602 g/mol. The fraction of sp³-hybridized carbons (Fsp3) is 0.0227. The van der Waals surface area contributed by atoms with Crippen LogP contribution in [0.1, 0.15) is 7.43 Å². The molecule has 0 saturated carbocycles. The van der Waals surface area contributed by atoms with E-state index < -0.39 is 0 Å². The van der Waals surface area contributed by atoms with E-state index in [1.807, 2.05) is 30.3 Å². The maximum atomic E-state index is 5.07. The molecule has 1 heterocycles. The van der Waals surface area contributed by atoms with Gasteiger partial charge in [-0.2, -0.15) is 0 Å². The summed E-state index contributed by atoms with van der Waals surface area (Å²) in [5.41, 5.74) is 5.28. The number of hydrogen-bond donors (Lipinski definition) is 0. The second-order valence-electron chi connectivity index (χ2n) is 11.7. The van der Waals surface area contributed by atoms with Gasteiger partial charge in [-0.15, -0.1) is 0 Å². The van der Waals surface area contributed by atoms with Crippen LogP contribution in [0.3, 0.4) is 0 Å². The molecule has 0 spiro atoms. The monoisotopic (exact) mass is 601 g/mol. The van der Waals surface area contributed by atoms with Crippen molar-refractivity contribution in [2.75, 3.05) is 0 Å². The maximum Gasteiger partial charge on any atom is 0.164 e. The Morgan fingerprint density at radius 3 is 1.60 bits per heavy atom. The Morgan fingerprint density at radius 1 is 0.277 bits per heavy atom. The first kappa shape index (κ1) is 28.3. The summed E-state index contributed by atoms with van der Waals surface area (Å²) >= 11 is 0. The third-order valence-corrected chi connectivity index (χ3v) is 8.87. The molecular formula is C44H31N3. The van der Waals surface area contributed by atoms with E-state index in [-0.39, 0.29) is 7.43 Å². The molecule has 0 fully saturated rings. The van der Waals surface area contributed by atoms with Crippen LogP contribution in [-0.4, -0.2) is 15.0 Å². The highest BCUT2D eigenvalue weighted by Gasteiger charge is 2.15. The van der Waals surface area contributed by atoms with Crippen LogP contribution < -0.4 is 0 Å². The van der Waals surface area contributed by atoms with Gasteiger partial charge in [0.25, 0.3) is 0 Å². The lowest BCUT2D eigenvalue weighted by molar-refractivity contribution is 1.08. The number of rotatable bonds is 4. The normalized spacial score (nSPS) is 11.2. The molecular weight excluding hydrogens is 571 g/mol. The predicted octanol–water partition coefficient (Wildman–Crippen LogP) is 11.8. The van der Waals surface area contributed by atoms with Crippen molar-refractivity contribution in [3.63, 3.8) is 0 Å². The molecule has 0 radical (unpaired) electrons. The van der Waals surface area contributed by atoms with E-state index in [0.717, 1.165) is 32.8 Å². The molecule has 8 aromatic carbocycles. The van der Waals surface area contributed by atoms with Gasteiger partial charge < -0.3 is 0 Å². The quantitative estimate of drug-likeness (QED) is 0.188. The van der Waals surface area contributed by atoms with Crippen LogP contribution in [0.15, 0.2) is 164 Å². The minimum absolute atomic E-state index is 0. The first-order chi connectivity index (χ1) is 22.8. The molecule has 0 aliphatic heterocycles. The Labute approximate surface area is 273 Å². The zero-order chi connectivity index (χ0) is 30.5. The van der Waals surface area contributed by atoms with E-state index in [0.29, 0.717) is 17.5 Å². The lowest BCUT2D eigenvalue weighted by Gasteiger charge is -2.12. The Balaban J connectivity index is 0.00000324. The molecule has 0 unspecified atom stereocenters. The van der Waals surface area contributed by atoms with E-state index >= 15 is 0 Å². The van der Waals surface area contributed by atoms with E-state index in [2.05, 4.69) is 133 Å². The number of aromatic nitrogens is 3. The van der Waals surface area contributed by atoms with Crippen LogP contribution in [0.5, 0.6) is 0 Å². The fourth-order valence-electron chi connectivity index (χ4n) is 6.52. The lowest BCUT2D eigenvalue weighted by atomic mass is 9.95. The minimum atomic E-state index is 0. The molecule has 0 atom stereocenters. The Hall–Kier alpha value is -6.19. The second-order valence-corrected chi connectivity index (χ2v) is 11.7. The van der Waals surface area contributed by atoms with Gasteiger partial charge in [0.1, 0.15) is 0 Å². The number of nitrogens with zero attached hydrogens (tertiary/aromatic N) is 3. The van der Waals surface area contributed by atoms with Crippen molar-refractivity contribution < 1.29 is 0 Å². The highest BCUT2D eigenvalue weighted by atomic mass is 15.0. The maximum absolute atomic E-state index is 5.07. The van der Waals surface area contributed by atoms with Crippen LogP contribution in [0.25, 0.3) is 88.4 Å². The van der Waals surface area contributed by atoms with Crippen molar-refractivity contribution in [2.45, 2.75) is 7.43 Å². The molecule has 0 aliphatic rings. The zero-order valence-corrected chi connectivity index (χ0v) is 24.9. The summed E-state index contributed by atoms with van der Waals surface area (Å²) in [7, 11) is 0. The Bertz CT molecular complexity index is 2590. The van der Waals surface area contributed by atoms with E-state index in [9.17, 15) is 0 Å². The molecule has 47 heavy (non-hydrogen) atoms. The largest absolute Gasteiger partial charge is 0.208 e. The second kappa shape index (κ2) is 11.6. The summed E-state index contributed by atoms with van der Waals surface area (Å²) < 4.78 is 0. The Kier molecular flexibility index (Phi) is 7.00. The first-order valence-corrected chi connectivity index (χ1v) is 15.5. The number of benzene rings is 8. The van der Waals surface area contributed by atoms with Crippen molar-refractivity contribution in [3.8, 4) is 45.3 Å². The van der Waals surface area contributed by atoms with Crippen molar-refractivity contribution >= 4 is 43.1 Å². The van der Waals surface area contributed by atoms with Crippen molar-refractivity contribution in [2.24, 2.45) is 0 Å². The molecule has 3 nitrogen and oxygen atoms in total. The van der Waals surface area contributed by atoms with Crippen LogP contribution in [0.2, 0.25) is 0 Å². The molecule has 0 N–H and O–H groups in total. The number of fused-ring (bicyclic) bond motifs is 5. The van der Waals surface area contributed by atoms with Gasteiger partial charge in [0, 0.05) is 16.7 Å². The van der Waals surface area contributed by atoms with Crippen LogP contribution >= 0.6 is 0 Å². The molecule has 9 aromatic rings. The molecule has 3 heteroatoms. The van der Waals surface area contributed by atoms with Crippen molar-refractivity contribution in [1.29, 1.82) is 0 Å². The van der Waals surface area contributed by atoms with Crippen LogP contribution in [-0.2, 0) is 0 Å². The topological polar surface area (TPSA) is 38.7 Å². The van der Waals surface area contributed by atoms with Gasteiger partial charge in [-0.3, -0.25) is 0 Å². The molecule has 0 aliphatic carbocycles. The van der Waals surface area contributed by atoms with Gasteiger partial charge in [0.15, 0.2) is 17.5 Å². The average Bonchev–Trinajstić information content (AvgIpc) is 3.14. The van der Waals surface area contributed by atoms with Gasteiger partial charge in [0.2, 0.25) is 0 Å². The highest BCUT2D eigenvalue weighted by molar-refractivity contribution is 6.08. The highest BCUT2D eigenvalue weighted by Crippen LogP contribution is 2.35. The van der Waals surface area contributed by atoms with E-state index in [1.165, 1.54) is 38.1 Å². The SMILES string of the molecule is C.c1ccc(-c2nc(-c3ccc4ccccc4c3)nc(-c3cccc4cc(-c5ccc6c(ccc7ccccc76)c5)ccc34)n2)cc1. The summed E-state index contributed by atoms with van der Waals surface area (Å²) in [6.45, 7) is 0. The smallest absolute Gasteiger partial charge is 0.164 e. The summed E-state index contributed by atoms with van der Waals surface area (Å²) in [6, 6.07) is 57.7. The molecule has 0 amide bonds. The molecule has 222 valence electrons. The summed E-state index contributed by atoms with van der Waals surface area (Å²) in [5.74, 6) is 1.98. The fourth-order valence-corrected chi connectivity index (χ4v) is 6.52. The molecule has 0 bridgehead atoms.